The topological polar surface area (TPSA) is 73.5 Å². The number of methoxy groups -OCH3 is 1. The van der Waals surface area contributed by atoms with Gasteiger partial charge in [0, 0.05) is 37.0 Å². The van der Waals surface area contributed by atoms with Crippen molar-refractivity contribution < 1.29 is 18.4 Å². The van der Waals surface area contributed by atoms with Crippen molar-refractivity contribution in [3.63, 3.8) is 0 Å². The largest absolute Gasteiger partial charge is 0.475 e. The lowest BCUT2D eigenvalue weighted by atomic mass is 10.1. The molecule has 0 unspecified atom stereocenters. The Hall–Kier alpha value is -2.84. The molecule has 0 radical (unpaired) electrons. The van der Waals surface area contributed by atoms with Gasteiger partial charge in [0.05, 0.1) is 12.6 Å². The Morgan fingerprint density at radius 3 is 2.90 bits per heavy atom. The molecule has 3 heterocycles. The van der Waals surface area contributed by atoms with E-state index < -0.39 is 0 Å². The summed E-state index contributed by atoms with van der Waals surface area (Å²) in [4.78, 5) is 11.0. The van der Waals surface area contributed by atoms with E-state index in [4.69, 9.17) is 14.0 Å². The number of rotatable bonds is 8. The average Bonchev–Trinajstić information content (AvgIpc) is 3.40. The summed E-state index contributed by atoms with van der Waals surface area (Å²) in [6.45, 7) is 2.33. The third-order valence-electron chi connectivity index (χ3n) is 4.95. The number of nitrogens with zero attached hydrogens (tertiary/aromatic N) is 4. The Morgan fingerprint density at radius 2 is 2.10 bits per heavy atom. The van der Waals surface area contributed by atoms with Gasteiger partial charge in [-0.25, -0.2) is 9.37 Å². The second kappa shape index (κ2) is 9.11. The molecule has 1 fully saturated rings. The minimum absolute atomic E-state index is 0.0135. The third kappa shape index (κ3) is 4.60. The fraction of sp³-hybridized carbons (Fsp3) is 0.381. The number of pyridine rings is 1. The fourth-order valence-electron chi connectivity index (χ4n) is 3.46. The first-order chi connectivity index (χ1) is 14.2. The molecule has 1 atom stereocenters. The molecule has 29 heavy (non-hydrogen) atoms. The van der Waals surface area contributed by atoms with Crippen molar-refractivity contribution in [1.29, 1.82) is 0 Å². The van der Waals surface area contributed by atoms with Gasteiger partial charge in [-0.3, -0.25) is 4.90 Å². The van der Waals surface area contributed by atoms with Crippen LogP contribution in [-0.2, 0) is 11.3 Å². The van der Waals surface area contributed by atoms with E-state index in [2.05, 4.69) is 20.0 Å². The van der Waals surface area contributed by atoms with Gasteiger partial charge >= 0.3 is 0 Å². The van der Waals surface area contributed by atoms with Gasteiger partial charge in [0.15, 0.2) is 0 Å². The highest BCUT2D eigenvalue weighted by Crippen LogP contribution is 2.33. The molecule has 152 valence electrons. The van der Waals surface area contributed by atoms with Gasteiger partial charge < -0.3 is 14.0 Å². The smallest absolute Gasteiger partial charge is 0.244 e. The Bertz CT molecular complexity index is 932. The van der Waals surface area contributed by atoms with Crippen molar-refractivity contribution in [2.75, 3.05) is 26.9 Å². The summed E-state index contributed by atoms with van der Waals surface area (Å²) in [7, 11) is 1.62. The lowest BCUT2D eigenvalue weighted by molar-refractivity contribution is 0.144. The maximum Gasteiger partial charge on any atom is 0.244 e. The van der Waals surface area contributed by atoms with E-state index in [1.807, 2.05) is 18.2 Å². The van der Waals surface area contributed by atoms with Gasteiger partial charge in [0.2, 0.25) is 17.6 Å². The molecule has 4 rings (SSSR count). The van der Waals surface area contributed by atoms with Crippen LogP contribution in [-0.4, -0.2) is 46.9 Å². The monoisotopic (exact) mass is 398 g/mol. The number of likely N-dealkylation sites (tertiary alicyclic amines) is 1. The SMILES string of the molecule is COCCOc1ccc(-c2noc([C@H]3CCCN3Cc3ccccc3F)n2)cn1. The molecule has 8 heteroatoms. The maximum atomic E-state index is 14.0. The lowest BCUT2D eigenvalue weighted by Gasteiger charge is -2.21. The number of ether oxygens (including phenoxy) is 2. The number of aromatic nitrogens is 3. The molecule has 0 amide bonds. The third-order valence-corrected chi connectivity index (χ3v) is 4.95. The van der Waals surface area contributed by atoms with Gasteiger partial charge in [0.25, 0.3) is 0 Å². The summed E-state index contributed by atoms with van der Waals surface area (Å²) in [5.41, 5.74) is 1.42. The molecule has 0 N–H and O–H groups in total. The van der Waals surface area contributed by atoms with E-state index in [1.54, 1.807) is 25.4 Å². The molecule has 0 aliphatic carbocycles. The zero-order valence-electron chi connectivity index (χ0n) is 16.3. The van der Waals surface area contributed by atoms with Gasteiger partial charge in [-0.15, -0.1) is 0 Å². The summed E-state index contributed by atoms with van der Waals surface area (Å²) in [6.07, 6.45) is 3.56. The molecule has 0 bridgehead atoms. The Kier molecular flexibility index (Phi) is 6.12. The molecular formula is C21H23FN4O3. The van der Waals surface area contributed by atoms with Crippen LogP contribution in [0.15, 0.2) is 47.1 Å². The molecule has 7 nitrogen and oxygen atoms in total. The minimum Gasteiger partial charge on any atom is -0.475 e. The Morgan fingerprint density at radius 1 is 1.21 bits per heavy atom. The highest BCUT2D eigenvalue weighted by atomic mass is 19.1. The van der Waals surface area contributed by atoms with Crippen LogP contribution in [0.25, 0.3) is 11.4 Å². The van der Waals surface area contributed by atoms with Crippen molar-refractivity contribution >= 4 is 0 Å². The van der Waals surface area contributed by atoms with E-state index in [9.17, 15) is 4.39 Å². The molecule has 1 saturated heterocycles. The van der Waals surface area contributed by atoms with Crippen molar-refractivity contribution in [2.45, 2.75) is 25.4 Å². The highest BCUT2D eigenvalue weighted by Gasteiger charge is 2.31. The second-order valence-corrected chi connectivity index (χ2v) is 6.90. The summed E-state index contributed by atoms with van der Waals surface area (Å²) in [5.74, 6) is 1.35. The highest BCUT2D eigenvalue weighted by molar-refractivity contribution is 5.53. The zero-order valence-corrected chi connectivity index (χ0v) is 16.3. The predicted octanol–water partition coefficient (Wildman–Crippen LogP) is 3.63. The fourth-order valence-corrected chi connectivity index (χ4v) is 3.46. The lowest BCUT2D eigenvalue weighted by Crippen LogP contribution is -2.23. The van der Waals surface area contributed by atoms with E-state index in [0.717, 1.165) is 24.9 Å². The normalized spacial score (nSPS) is 17.0. The first-order valence-corrected chi connectivity index (χ1v) is 9.64. The Balaban J connectivity index is 1.44. The van der Waals surface area contributed by atoms with Crippen LogP contribution in [0.4, 0.5) is 4.39 Å². The molecular weight excluding hydrogens is 375 g/mol. The van der Waals surface area contributed by atoms with Crippen LogP contribution in [0.5, 0.6) is 5.88 Å². The molecule has 0 saturated carbocycles. The molecule has 0 spiro atoms. The van der Waals surface area contributed by atoms with E-state index in [0.29, 0.717) is 42.9 Å². The van der Waals surface area contributed by atoms with Gasteiger partial charge in [-0.05, 0) is 31.5 Å². The number of hydrogen-bond donors (Lipinski definition) is 0. The van der Waals surface area contributed by atoms with Crippen LogP contribution in [0.3, 0.4) is 0 Å². The first kappa shape index (κ1) is 19.5. The first-order valence-electron chi connectivity index (χ1n) is 9.64. The van der Waals surface area contributed by atoms with Crippen molar-refractivity contribution in [3.05, 3.63) is 59.9 Å². The zero-order chi connectivity index (χ0) is 20.1. The maximum absolute atomic E-state index is 14.0. The second-order valence-electron chi connectivity index (χ2n) is 6.90. The van der Waals surface area contributed by atoms with Crippen molar-refractivity contribution in [1.82, 2.24) is 20.0 Å². The Labute approximate surface area is 168 Å². The standard InChI is InChI=1S/C21H23FN4O3/c1-27-11-12-28-19-9-8-15(13-23-19)20-24-21(29-25-20)18-7-4-10-26(18)14-16-5-2-3-6-17(16)22/h2-3,5-6,8-9,13,18H,4,7,10-12,14H2,1H3/t18-/m1/s1. The molecule has 2 aromatic heterocycles. The quantitative estimate of drug-likeness (QED) is 0.537. The minimum atomic E-state index is -0.191. The summed E-state index contributed by atoms with van der Waals surface area (Å²) >= 11 is 0. The van der Waals surface area contributed by atoms with Crippen LogP contribution in [0.1, 0.15) is 30.3 Å². The van der Waals surface area contributed by atoms with Crippen LogP contribution in [0, 0.1) is 5.82 Å². The van der Waals surface area contributed by atoms with E-state index in [1.165, 1.54) is 6.07 Å². The van der Waals surface area contributed by atoms with E-state index >= 15 is 0 Å². The van der Waals surface area contributed by atoms with Gasteiger partial charge in [-0.2, -0.15) is 4.98 Å². The molecule has 3 aromatic rings. The van der Waals surface area contributed by atoms with E-state index in [-0.39, 0.29) is 11.9 Å². The van der Waals surface area contributed by atoms with Gasteiger partial charge in [-0.1, -0.05) is 23.4 Å². The van der Waals surface area contributed by atoms with Gasteiger partial charge in [0.1, 0.15) is 12.4 Å². The van der Waals surface area contributed by atoms with Crippen LogP contribution in [0.2, 0.25) is 0 Å². The summed E-state index contributed by atoms with van der Waals surface area (Å²) in [5, 5.41) is 4.11. The number of hydrogen-bond acceptors (Lipinski definition) is 7. The summed E-state index contributed by atoms with van der Waals surface area (Å²) in [6, 6.07) is 10.4. The van der Waals surface area contributed by atoms with Crippen molar-refractivity contribution in [2.24, 2.45) is 0 Å². The molecule has 1 aromatic carbocycles. The number of halogens is 1. The van der Waals surface area contributed by atoms with Crippen molar-refractivity contribution in [3.8, 4) is 17.3 Å². The number of benzene rings is 1. The predicted molar refractivity (Wildman–Crippen MR) is 104 cm³/mol. The molecule has 1 aliphatic rings. The van der Waals surface area contributed by atoms with Crippen LogP contribution < -0.4 is 4.74 Å². The average molecular weight is 398 g/mol. The molecule has 1 aliphatic heterocycles. The summed E-state index contributed by atoms with van der Waals surface area (Å²) < 4.78 is 30.0. The van der Waals surface area contributed by atoms with Crippen LogP contribution >= 0.6 is 0 Å².